The van der Waals surface area contributed by atoms with Gasteiger partial charge < -0.3 is 4.74 Å². The van der Waals surface area contributed by atoms with Crippen molar-refractivity contribution in [3.8, 4) is 56.8 Å². The van der Waals surface area contributed by atoms with Crippen molar-refractivity contribution in [1.29, 1.82) is 0 Å². The molecule has 0 bridgehead atoms. The zero-order valence-electron chi connectivity index (χ0n) is 24.8. The minimum Gasteiger partial charge on any atom is -0.457 e. The van der Waals surface area contributed by atoms with Crippen molar-refractivity contribution >= 4 is 0 Å². The molecule has 1 aromatic heterocycles. The second-order valence-electron chi connectivity index (χ2n) is 11.4. The molecule has 0 saturated heterocycles. The Bertz CT molecular complexity index is 2090. The minimum atomic E-state index is -0.386. The molecular weight excluding hydrogens is 550 g/mol. The molecule has 1 unspecified atom stereocenters. The number of para-hydroxylation sites is 1. The summed E-state index contributed by atoms with van der Waals surface area (Å²) in [6, 6.07) is 54.1. The van der Waals surface area contributed by atoms with Crippen LogP contribution in [0.2, 0.25) is 0 Å². The first-order valence-electron chi connectivity index (χ1n) is 15.1. The van der Waals surface area contributed by atoms with Crippen LogP contribution in [0.4, 0.5) is 0 Å². The smallest absolute Gasteiger partial charge is 0.164 e. The molecule has 4 heteroatoms. The van der Waals surface area contributed by atoms with Crippen LogP contribution in [-0.4, -0.2) is 15.0 Å². The maximum atomic E-state index is 6.46. The second kappa shape index (κ2) is 11.0. The third-order valence-electron chi connectivity index (χ3n) is 8.67. The van der Waals surface area contributed by atoms with Gasteiger partial charge in [-0.2, -0.15) is 0 Å². The Morgan fingerprint density at radius 2 is 0.889 bits per heavy atom. The number of benzene rings is 6. The molecule has 2 heterocycles. The molecule has 0 radical (unpaired) electrons. The Morgan fingerprint density at radius 3 is 1.56 bits per heavy atom. The number of nitrogens with zero attached hydrogens (tertiary/aromatic N) is 3. The molecule has 1 aliphatic rings. The van der Waals surface area contributed by atoms with Crippen LogP contribution in [0.25, 0.3) is 45.3 Å². The van der Waals surface area contributed by atoms with Gasteiger partial charge in [-0.1, -0.05) is 133 Å². The Balaban J connectivity index is 1.25. The van der Waals surface area contributed by atoms with Gasteiger partial charge in [0.2, 0.25) is 0 Å². The zero-order valence-corrected chi connectivity index (χ0v) is 24.8. The van der Waals surface area contributed by atoms with Crippen LogP contribution in [0.1, 0.15) is 23.6 Å². The van der Waals surface area contributed by atoms with Gasteiger partial charge in [0.1, 0.15) is 11.5 Å². The Labute approximate surface area is 262 Å². The number of fused-ring (bicyclic) bond motifs is 2. The molecule has 1 aliphatic heterocycles. The van der Waals surface area contributed by atoms with Crippen molar-refractivity contribution in [3.63, 3.8) is 0 Å². The van der Waals surface area contributed by atoms with Crippen molar-refractivity contribution < 1.29 is 4.74 Å². The van der Waals surface area contributed by atoms with Gasteiger partial charge >= 0.3 is 0 Å². The van der Waals surface area contributed by atoms with E-state index in [0.29, 0.717) is 17.5 Å². The van der Waals surface area contributed by atoms with E-state index < -0.39 is 0 Å². The van der Waals surface area contributed by atoms with Crippen molar-refractivity contribution in [1.82, 2.24) is 15.0 Å². The van der Waals surface area contributed by atoms with Crippen molar-refractivity contribution in [2.24, 2.45) is 0 Å². The van der Waals surface area contributed by atoms with E-state index in [1.807, 2.05) is 66.7 Å². The van der Waals surface area contributed by atoms with Crippen molar-refractivity contribution in [2.75, 3.05) is 0 Å². The lowest BCUT2D eigenvalue weighted by Gasteiger charge is -2.38. The molecule has 4 nitrogen and oxygen atoms in total. The van der Waals surface area contributed by atoms with E-state index >= 15 is 0 Å². The quantitative estimate of drug-likeness (QED) is 0.204. The SMILES string of the molecule is CC1(c2ccccc2)c2ccccc2Oc2ccc(-c3cccc(-c4nc(-c5ccccc5)nc(-c5ccccc5)n4)c3)cc21. The maximum absolute atomic E-state index is 6.46. The number of hydrogen-bond acceptors (Lipinski definition) is 4. The number of rotatable bonds is 5. The van der Waals surface area contributed by atoms with Gasteiger partial charge in [-0.15, -0.1) is 0 Å². The van der Waals surface area contributed by atoms with E-state index in [0.717, 1.165) is 50.4 Å². The normalized spacial score (nSPS) is 15.0. The van der Waals surface area contributed by atoms with Crippen molar-refractivity contribution in [3.05, 3.63) is 174 Å². The number of aromatic nitrogens is 3. The molecule has 0 N–H and O–H groups in total. The number of ether oxygens (including phenoxy) is 1. The highest BCUT2D eigenvalue weighted by molar-refractivity contribution is 5.75. The molecule has 8 rings (SSSR count). The summed E-state index contributed by atoms with van der Waals surface area (Å²) in [5.41, 5.74) is 8.12. The van der Waals surface area contributed by atoms with Crippen LogP contribution in [0.5, 0.6) is 11.5 Å². The molecule has 214 valence electrons. The molecular formula is C41H29N3O. The monoisotopic (exact) mass is 579 g/mol. The highest BCUT2D eigenvalue weighted by atomic mass is 16.5. The van der Waals surface area contributed by atoms with Gasteiger partial charge in [0.15, 0.2) is 17.5 Å². The summed E-state index contributed by atoms with van der Waals surface area (Å²) < 4.78 is 6.46. The number of hydrogen-bond donors (Lipinski definition) is 0. The summed E-state index contributed by atoms with van der Waals surface area (Å²) in [5, 5.41) is 0. The highest BCUT2D eigenvalue weighted by Crippen LogP contribution is 2.52. The van der Waals surface area contributed by atoms with Crippen LogP contribution in [0.15, 0.2) is 158 Å². The zero-order chi connectivity index (χ0) is 30.2. The van der Waals surface area contributed by atoms with Gasteiger partial charge in [-0.3, -0.25) is 0 Å². The maximum Gasteiger partial charge on any atom is 0.164 e. The summed E-state index contributed by atoms with van der Waals surface area (Å²) in [6.45, 7) is 2.30. The van der Waals surface area contributed by atoms with Gasteiger partial charge in [0.05, 0.1) is 0 Å². The van der Waals surface area contributed by atoms with Crippen LogP contribution in [0, 0.1) is 0 Å². The molecule has 0 saturated carbocycles. The summed E-state index contributed by atoms with van der Waals surface area (Å²) in [4.78, 5) is 14.8. The standard InChI is InChI=1S/C41H29N3O/c1-41(33-20-9-4-10-21-33)34-22-11-12-23-36(34)45-37-25-24-31(27-35(37)41)30-18-13-19-32(26-30)40-43-38(28-14-5-2-6-15-28)42-39(44-40)29-16-7-3-8-17-29/h2-27H,1H3. The first-order chi connectivity index (χ1) is 22.2. The summed E-state index contributed by atoms with van der Waals surface area (Å²) in [6.07, 6.45) is 0. The average Bonchev–Trinajstić information content (AvgIpc) is 3.12. The fourth-order valence-corrected chi connectivity index (χ4v) is 6.28. The topological polar surface area (TPSA) is 47.9 Å². The van der Waals surface area contributed by atoms with Crippen LogP contribution >= 0.6 is 0 Å². The summed E-state index contributed by atoms with van der Waals surface area (Å²) in [7, 11) is 0. The van der Waals surface area contributed by atoms with Gasteiger partial charge in [-0.05, 0) is 47.9 Å². The lowest BCUT2D eigenvalue weighted by Crippen LogP contribution is -2.29. The van der Waals surface area contributed by atoms with Crippen LogP contribution < -0.4 is 4.74 Å². The molecule has 6 aromatic carbocycles. The molecule has 45 heavy (non-hydrogen) atoms. The van der Waals surface area contributed by atoms with Gasteiger partial charge in [0, 0.05) is 33.2 Å². The Hall–Kier alpha value is -5.87. The Kier molecular flexibility index (Phi) is 6.54. The molecule has 7 aromatic rings. The fourth-order valence-electron chi connectivity index (χ4n) is 6.28. The lowest BCUT2D eigenvalue weighted by atomic mass is 9.69. The summed E-state index contributed by atoms with van der Waals surface area (Å²) >= 11 is 0. The minimum absolute atomic E-state index is 0.386. The fraction of sp³-hybridized carbons (Fsp3) is 0.0488. The van der Waals surface area contributed by atoms with E-state index in [1.165, 1.54) is 5.56 Å². The molecule has 0 spiro atoms. The molecule has 0 aliphatic carbocycles. The van der Waals surface area contributed by atoms with E-state index in [1.54, 1.807) is 0 Å². The van der Waals surface area contributed by atoms with Gasteiger partial charge in [-0.25, -0.2) is 15.0 Å². The van der Waals surface area contributed by atoms with E-state index in [-0.39, 0.29) is 5.41 Å². The van der Waals surface area contributed by atoms with Crippen LogP contribution in [-0.2, 0) is 5.41 Å². The van der Waals surface area contributed by atoms with Gasteiger partial charge in [0.25, 0.3) is 0 Å². The third-order valence-corrected chi connectivity index (χ3v) is 8.67. The largest absolute Gasteiger partial charge is 0.457 e. The summed E-state index contributed by atoms with van der Waals surface area (Å²) in [5.74, 6) is 3.69. The van der Waals surface area contributed by atoms with Crippen molar-refractivity contribution in [2.45, 2.75) is 12.3 Å². The first kappa shape index (κ1) is 26.7. The van der Waals surface area contributed by atoms with Crippen LogP contribution in [0.3, 0.4) is 0 Å². The predicted molar refractivity (Wildman–Crippen MR) is 180 cm³/mol. The van der Waals surface area contributed by atoms with E-state index in [2.05, 4.69) is 97.9 Å². The lowest BCUT2D eigenvalue weighted by molar-refractivity contribution is 0.427. The molecule has 0 fully saturated rings. The highest BCUT2D eigenvalue weighted by Gasteiger charge is 2.39. The van der Waals surface area contributed by atoms with E-state index in [9.17, 15) is 0 Å². The van der Waals surface area contributed by atoms with E-state index in [4.69, 9.17) is 19.7 Å². The molecule has 0 amide bonds. The second-order valence-corrected chi connectivity index (χ2v) is 11.4. The average molecular weight is 580 g/mol. The first-order valence-corrected chi connectivity index (χ1v) is 15.1. The molecule has 1 atom stereocenters. The Morgan fingerprint density at radius 1 is 0.400 bits per heavy atom. The third kappa shape index (κ3) is 4.77. The predicted octanol–water partition coefficient (Wildman–Crippen LogP) is 10.00.